The lowest BCUT2D eigenvalue weighted by Crippen LogP contribution is -2.19. The Morgan fingerprint density at radius 3 is 2.70 bits per heavy atom. The van der Waals surface area contributed by atoms with Crippen LogP contribution in [-0.4, -0.2) is 0 Å². The Bertz CT molecular complexity index is 606. The highest BCUT2D eigenvalue weighted by molar-refractivity contribution is 5.36. The van der Waals surface area contributed by atoms with E-state index in [1.807, 2.05) is 6.07 Å². The van der Waals surface area contributed by atoms with Gasteiger partial charge < -0.3 is 5.32 Å². The first-order chi connectivity index (χ1) is 9.79. The van der Waals surface area contributed by atoms with E-state index >= 15 is 0 Å². The Balaban J connectivity index is 1.74. The Morgan fingerprint density at radius 2 is 1.90 bits per heavy atom. The van der Waals surface area contributed by atoms with Crippen LogP contribution in [0.25, 0.3) is 0 Å². The Hall–Kier alpha value is -1.67. The summed E-state index contributed by atoms with van der Waals surface area (Å²) in [5, 5.41) is 3.59. The fourth-order valence-electron chi connectivity index (χ4n) is 3.13. The van der Waals surface area contributed by atoms with Crippen LogP contribution in [0, 0.1) is 5.82 Å². The minimum Gasteiger partial charge on any atom is -0.306 e. The van der Waals surface area contributed by atoms with Gasteiger partial charge in [0.05, 0.1) is 0 Å². The normalized spacial score (nSPS) is 17.2. The van der Waals surface area contributed by atoms with E-state index in [4.69, 9.17) is 0 Å². The molecule has 3 rings (SSSR count). The fraction of sp³-hybridized carbons (Fsp3) is 0.333. The molecule has 1 aliphatic rings. The third-order valence-corrected chi connectivity index (χ3v) is 4.25. The molecule has 0 saturated heterocycles. The molecule has 2 aromatic carbocycles. The van der Waals surface area contributed by atoms with Crippen molar-refractivity contribution in [3.05, 3.63) is 70.5 Å². The van der Waals surface area contributed by atoms with Crippen LogP contribution in [0.15, 0.2) is 42.5 Å². The third-order valence-electron chi connectivity index (χ3n) is 4.25. The molecule has 1 nitrogen and oxygen atoms in total. The summed E-state index contributed by atoms with van der Waals surface area (Å²) in [7, 11) is 0. The van der Waals surface area contributed by atoms with Crippen LogP contribution in [0.2, 0.25) is 0 Å². The van der Waals surface area contributed by atoms with Crippen molar-refractivity contribution < 1.29 is 4.39 Å². The number of halogens is 1. The lowest BCUT2D eigenvalue weighted by atomic mass is 10.0. The molecule has 0 amide bonds. The van der Waals surface area contributed by atoms with E-state index in [0.717, 1.165) is 36.9 Å². The van der Waals surface area contributed by atoms with Gasteiger partial charge in [0.2, 0.25) is 0 Å². The van der Waals surface area contributed by atoms with Crippen molar-refractivity contribution in [2.24, 2.45) is 0 Å². The van der Waals surface area contributed by atoms with Crippen LogP contribution in [0.5, 0.6) is 0 Å². The Kier molecular flexibility index (Phi) is 3.83. The number of rotatable bonds is 4. The van der Waals surface area contributed by atoms with E-state index in [1.165, 1.54) is 11.1 Å². The maximum atomic E-state index is 13.7. The molecule has 1 unspecified atom stereocenters. The summed E-state index contributed by atoms with van der Waals surface area (Å²) in [5.41, 5.74) is 4.77. The van der Waals surface area contributed by atoms with Gasteiger partial charge in [-0.05, 0) is 47.6 Å². The summed E-state index contributed by atoms with van der Waals surface area (Å²) in [6, 6.07) is 14.2. The molecule has 0 aliphatic heterocycles. The average molecular weight is 269 g/mol. The van der Waals surface area contributed by atoms with Crippen molar-refractivity contribution >= 4 is 0 Å². The van der Waals surface area contributed by atoms with Crippen LogP contribution in [-0.2, 0) is 19.4 Å². The number of hydrogen-bond acceptors (Lipinski definition) is 1. The number of benzene rings is 2. The third kappa shape index (κ3) is 2.48. The summed E-state index contributed by atoms with van der Waals surface area (Å²) in [6.07, 6.45) is 2.88. The highest BCUT2D eigenvalue weighted by Gasteiger charge is 2.24. The zero-order chi connectivity index (χ0) is 13.9. The second-order valence-corrected chi connectivity index (χ2v) is 5.40. The van der Waals surface area contributed by atoms with Gasteiger partial charge in [-0.15, -0.1) is 0 Å². The zero-order valence-electron chi connectivity index (χ0n) is 11.8. The Morgan fingerprint density at radius 1 is 1.10 bits per heavy atom. The molecule has 0 heterocycles. The standard InChI is InChI=1S/C18H20FN/c1-2-13-6-3-4-7-14(13)12-20-18-11-10-15-16(18)8-5-9-17(15)19/h3-9,18,20H,2,10-12H2,1H3. The van der Waals surface area contributed by atoms with E-state index in [9.17, 15) is 4.39 Å². The Labute approximate surface area is 119 Å². The van der Waals surface area contributed by atoms with Gasteiger partial charge >= 0.3 is 0 Å². The first-order valence-corrected chi connectivity index (χ1v) is 7.37. The molecule has 0 saturated carbocycles. The molecule has 2 heteroatoms. The molecule has 2 aromatic rings. The second-order valence-electron chi connectivity index (χ2n) is 5.40. The van der Waals surface area contributed by atoms with Crippen LogP contribution in [0.3, 0.4) is 0 Å². The van der Waals surface area contributed by atoms with Gasteiger partial charge in [-0.2, -0.15) is 0 Å². The van der Waals surface area contributed by atoms with Crippen molar-refractivity contribution in [2.75, 3.05) is 0 Å². The van der Waals surface area contributed by atoms with E-state index in [1.54, 1.807) is 6.07 Å². The van der Waals surface area contributed by atoms with E-state index in [0.29, 0.717) is 0 Å². The van der Waals surface area contributed by atoms with Crippen LogP contribution in [0.4, 0.5) is 4.39 Å². The molecule has 0 aromatic heterocycles. The van der Waals surface area contributed by atoms with Gasteiger partial charge in [0.1, 0.15) is 5.82 Å². The van der Waals surface area contributed by atoms with Gasteiger partial charge in [-0.1, -0.05) is 43.3 Å². The van der Waals surface area contributed by atoms with Crippen molar-refractivity contribution in [1.29, 1.82) is 0 Å². The summed E-state index contributed by atoms with van der Waals surface area (Å²) >= 11 is 0. The van der Waals surface area contributed by atoms with Crippen molar-refractivity contribution in [3.63, 3.8) is 0 Å². The van der Waals surface area contributed by atoms with Crippen molar-refractivity contribution in [2.45, 2.75) is 38.8 Å². The number of hydrogen-bond donors (Lipinski definition) is 1. The molecule has 0 bridgehead atoms. The smallest absolute Gasteiger partial charge is 0.126 e. The molecule has 1 atom stereocenters. The molecular weight excluding hydrogens is 249 g/mol. The zero-order valence-corrected chi connectivity index (χ0v) is 11.8. The summed E-state index contributed by atoms with van der Waals surface area (Å²) in [6.45, 7) is 3.03. The molecule has 104 valence electrons. The molecule has 1 aliphatic carbocycles. The van der Waals surface area contributed by atoms with Gasteiger partial charge in [0.15, 0.2) is 0 Å². The van der Waals surface area contributed by atoms with E-state index in [2.05, 4.69) is 42.6 Å². The van der Waals surface area contributed by atoms with Crippen LogP contribution in [0.1, 0.15) is 41.6 Å². The molecule has 1 N–H and O–H groups in total. The maximum absolute atomic E-state index is 13.7. The van der Waals surface area contributed by atoms with Crippen LogP contribution >= 0.6 is 0 Å². The summed E-state index contributed by atoms with van der Waals surface area (Å²) in [5.74, 6) is -0.0549. The molecule has 0 radical (unpaired) electrons. The molecular formula is C18H20FN. The van der Waals surface area contributed by atoms with Gasteiger partial charge in [-0.25, -0.2) is 4.39 Å². The SMILES string of the molecule is CCc1ccccc1CNC1CCc2c(F)cccc21. The number of nitrogens with one attached hydrogen (secondary N) is 1. The fourth-order valence-corrected chi connectivity index (χ4v) is 3.13. The van der Waals surface area contributed by atoms with Gasteiger partial charge in [0.25, 0.3) is 0 Å². The quantitative estimate of drug-likeness (QED) is 0.878. The first kappa shape index (κ1) is 13.3. The summed E-state index contributed by atoms with van der Waals surface area (Å²) < 4.78 is 13.7. The minimum atomic E-state index is -0.0549. The minimum absolute atomic E-state index is 0.0549. The first-order valence-electron chi connectivity index (χ1n) is 7.37. The highest BCUT2D eigenvalue weighted by Crippen LogP contribution is 2.32. The van der Waals surface area contributed by atoms with E-state index < -0.39 is 0 Å². The second kappa shape index (κ2) is 5.76. The largest absolute Gasteiger partial charge is 0.306 e. The highest BCUT2D eigenvalue weighted by atomic mass is 19.1. The van der Waals surface area contributed by atoms with Gasteiger partial charge in [0, 0.05) is 12.6 Å². The monoisotopic (exact) mass is 269 g/mol. The number of aryl methyl sites for hydroxylation is 1. The number of fused-ring (bicyclic) bond motifs is 1. The summed E-state index contributed by atoms with van der Waals surface area (Å²) in [4.78, 5) is 0. The maximum Gasteiger partial charge on any atom is 0.126 e. The lowest BCUT2D eigenvalue weighted by molar-refractivity contribution is 0.529. The van der Waals surface area contributed by atoms with Crippen molar-refractivity contribution in [3.8, 4) is 0 Å². The predicted molar refractivity (Wildman–Crippen MR) is 80.1 cm³/mol. The molecule has 0 spiro atoms. The molecule has 20 heavy (non-hydrogen) atoms. The van der Waals surface area contributed by atoms with Gasteiger partial charge in [-0.3, -0.25) is 0 Å². The average Bonchev–Trinajstić information content (AvgIpc) is 2.90. The van der Waals surface area contributed by atoms with E-state index in [-0.39, 0.29) is 11.9 Å². The predicted octanol–water partition coefficient (Wildman–Crippen LogP) is 4.17. The lowest BCUT2D eigenvalue weighted by Gasteiger charge is -2.16. The van der Waals surface area contributed by atoms with Crippen molar-refractivity contribution in [1.82, 2.24) is 5.32 Å². The molecule has 0 fully saturated rings. The van der Waals surface area contributed by atoms with Crippen LogP contribution < -0.4 is 5.32 Å². The topological polar surface area (TPSA) is 12.0 Å².